The zero-order valence-electron chi connectivity index (χ0n) is 17.2. The summed E-state index contributed by atoms with van der Waals surface area (Å²) in [6, 6.07) is 3.44. The summed E-state index contributed by atoms with van der Waals surface area (Å²) in [5.41, 5.74) is 6.22. The summed E-state index contributed by atoms with van der Waals surface area (Å²) in [5, 5.41) is 3.13. The van der Waals surface area contributed by atoms with E-state index in [-0.39, 0.29) is 36.2 Å². The van der Waals surface area contributed by atoms with Crippen LogP contribution >= 0.6 is 12.4 Å². The highest BCUT2D eigenvalue weighted by Crippen LogP contribution is 2.42. The van der Waals surface area contributed by atoms with Gasteiger partial charge in [-0.05, 0) is 12.8 Å². The van der Waals surface area contributed by atoms with E-state index >= 15 is 0 Å². The van der Waals surface area contributed by atoms with E-state index < -0.39 is 5.92 Å². The van der Waals surface area contributed by atoms with Gasteiger partial charge >= 0.3 is 0 Å². The van der Waals surface area contributed by atoms with E-state index in [0.29, 0.717) is 36.0 Å². The van der Waals surface area contributed by atoms with E-state index in [1.165, 1.54) is 21.3 Å². The van der Waals surface area contributed by atoms with Gasteiger partial charge in [0.05, 0.1) is 38.5 Å². The average molecular weight is 428 g/mol. The van der Waals surface area contributed by atoms with E-state index in [9.17, 15) is 9.59 Å². The highest BCUT2D eigenvalue weighted by Gasteiger charge is 2.40. The van der Waals surface area contributed by atoms with Gasteiger partial charge in [-0.1, -0.05) is 12.8 Å². The van der Waals surface area contributed by atoms with Crippen molar-refractivity contribution in [2.24, 2.45) is 11.7 Å². The lowest BCUT2D eigenvalue weighted by Gasteiger charge is -2.30. The number of amides is 2. The number of hydrogen-bond acceptors (Lipinski definition) is 6. The molecule has 1 aliphatic carbocycles. The molecular formula is C20H30ClN3O5. The molecule has 8 nitrogen and oxygen atoms in total. The van der Waals surface area contributed by atoms with Crippen molar-refractivity contribution in [2.45, 2.75) is 37.6 Å². The summed E-state index contributed by atoms with van der Waals surface area (Å²) in [6.07, 6.45) is 4.10. The van der Waals surface area contributed by atoms with E-state index in [0.717, 1.165) is 25.7 Å². The predicted molar refractivity (Wildman–Crippen MR) is 112 cm³/mol. The third kappa shape index (κ3) is 4.53. The number of anilines is 1. The molecule has 0 aromatic heterocycles. The molecule has 1 atom stereocenters. The summed E-state index contributed by atoms with van der Waals surface area (Å²) in [4.78, 5) is 27.1. The van der Waals surface area contributed by atoms with E-state index in [2.05, 4.69) is 5.32 Å². The molecule has 1 aromatic carbocycles. The van der Waals surface area contributed by atoms with Crippen LogP contribution in [0.5, 0.6) is 17.2 Å². The van der Waals surface area contributed by atoms with Crippen LogP contribution in [-0.4, -0.2) is 51.8 Å². The summed E-state index contributed by atoms with van der Waals surface area (Å²) in [5.74, 6) is 0.769. The molecule has 3 N–H and O–H groups in total. The molecule has 162 valence electrons. The van der Waals surface area contributed by atoms with Gasteiger partial charge in [0.25, 0.3) is 0 Å². The number of methoxy groups -OCH3 is 3. The van der Waals surface area contributed by atoms with Gasteiger partial charge in [-0.15, -0.1) is 12.4 Å². The van der Waals surface area contributed by atoms with E-state index in [1.54, 1.807) is 17.0 Å². The second-order valence-electron chi connectivity index (χ2n) is 7.47. The molecule has 2 aliphatic rings. The molecule has 1 saturated heterocycles. The van der Waals surface area contributed by atoms with Crippen LogP contribution in [0.4, 0.5) is 5.69 Å². The topological polar surface area (TPSA) is 103 Å². The summed E-state index contributed by atoms with van der Waals surface area (Å²) in [6.45, 7) is 0.736. The van der Waals surface area contributed by atoms with Crippen molar-refractivity contribution in [3.8, 4) is 17.2 Å². The molecule has 0 spiro atoms. The number of halogens is 1. The number of rotatable bonds is 7. The van der Waals surface area contributed by atoms with Crippen LogP contribution in [0.15, 0.2) is 12.1 Å². The van der Waals surface area contributed by atoms with Crippen LogP contribution < -0.4 is 30.2 Å². The fourth-order valence-corrected chi connectivity index (χ4v) is 4.15. The average Bonchev–Trinajstić information content (AvgIpc) is 3.33. The highest BCUT2D eigenvalue weighted by atomic mass is 35.5. The van der Waals surface area contributed by atoms with E-state index in [4.69, 9.17) is 19.9 Å². The zero-order valence-corrected chi connectivity index (χ0v) is 18.0. The number of nitrogens with zero attached hydrogens (tertiary/aromatic N) is 1. The number of benzene rings is 1. The Morgan fingerprint density at radius 3 is 2.24 bits per heavy atom. The molecule has 0 radical (unpaired) electrons. The lowest BCUT2D eigenvalue weighted by molar-refractivity contribution is -0.127. The van der Waals surface area contributed by atoms with Gasteiger partial charge in [0.1, 0.15) is 0 Å². The van der Waals surface area contributed by atoms with Gasteiger partial charge in [0.15, 0.2) is 11.5 Å². The number of carbonyl (C=O) groups is 2. The Morgan fingerprint density at radius 1 is 1.17 bits per heavy atom. The number of nitrogens with two attached hydrogens (primary N) is 1. The highest BCUT2D eigenvalue weighted by molar-refractivity contribution is 6.01. The maximum atomic E-state index is 12.8. The number of carbonyl (C=O) groups excluding carboxylic acids is 2. The Bertz CT molecular complexity index is 727. The monoisotopic (exact) mass is 427 g/mol. The van der Waals surface area contributed by atoms with Crippen LogP contribution in [0.3, 0.4) is 0 Å². The van der Waals surface area contributed by atoms with Gasteiger partial charge < -0.3 is 30.2 Å². The maximum Gasteiger partial charge on any atom is 0.227 e. The van der Waals surface area contributed by atoms with E-state index in [1.807, 2.05) is 0 Å². The smallest absolute Gasteiger partial charge is 0.227 e. The molecule has 1 heterocycles. The predicted octanol–water partition coefficient (Wildman–Crippen LogP) is 1.87. The minimum Gasteiger partial charge on any atom is -0.493 e. The summed E-state index contributed by atoms with van der Waals surface area (Å²) in [7, 11) is 4.58. The van der Waals surface area contributed by atoms with Crippen LogP contribution in [0.25, 0.3) is 0 Å². The van der Waals surface area contributed by atoms with Crippen molar-refractivity contribution in [3.05, 3.63) is 12.1 Å². The van der Waals surface area contributed by atoms with Crippen molar-refractivity contribution in [1.82, 2.24) is 5.32 Å². The number of nitrogens with one attached hydrogen (secondary N) is 1. The Labute approximate surface area is 177 Å². The van der Waals surface area contributed by atoms with Crippen molar-refractivity contribution in [1.29, 1.82) is 0 Å². The SMILES string of the molecule is COc1cc(N2CC(C(=O)NC3(CN)CCCC3)CC2=O)cc(OC)c1OC.Cl. The molecule has 3 rings (SSSR count). The maximum absolute atomic E-state index is 12.8. The summed E-state index contributed by atoms with van der Waals surface area (Å²) < 4.78 is 16.1. The van der Waals surface area contributed by atoms with Gasteiger partial charge in [-0.3, -0.25) is 9.59 Å². The van der Waals surface area contributed by atoms with Crippen molar-refractivity contribution >= 4 is 29.9 Å². The Balaban J connectivity index is 0.00000300. The van der Waals surface area contributed by atoms with Crippen molar-refractivity contribution in [3.63, 3.8) is 0 Å². The standard InChI is InChI=1S/C20H29N3O5.ClH/c1-26-15-9-14(10-16(27-2)18(15)28-3)23-11-13(8-17(23)24)19(25)22-20(12-21)6-4-5-7-20;/h9-10,13H,4-8,11-12,21H2,1-3H3,(H,22,25);1H. The molecule has 9 heteroatoms. The van der Waals surface area contributed by atoms with Gasteiger partial charge in [0.2, 0.25) is 17.6 Å². The Morgan fingerprint density at radius 2 is 1.76 bits per heavy atom. The van der Waals surface area contributed by atoms with Crippen molar-refractivity contribution < 1.29 is 23.8 Å². The quantitative estimate of drug-likeness (QED) is 0.688. The third-order valence-corrected chi connectivity index (χ3v) is 5.80. The first-order valence-electron chi connectivity index (χ1n) is 9.59. The first-order chi connectivity index (χ1) is 13.5. The van der Waals surface area contributed by atoms with Crippen LogP contribution in [0.1, 0.15) is 32.1 Å². The molecule has 1 aromatic rings. The first-order valence-corrected chi connectivity index (χ1v) is 9.59. The Hall–Kier alpha value is -2.19. The Kier molecular flexibility index (Phi) is 7.60. The largest absolute Gasteiger partial charge is 0.493 e. The minimum atomic E-state index is -0.407. The molecule has 29 heavy (non-hydrogen) atoms. The third-order valence-electron chi connectivity index (χ3n) is 5.80. The minimum absolute atomic E-state index is 0. The molecule has 1 unspecified atom stereocenters. The van der Waals surface area contributed by atoms with Crippen LogP contribution in [0.2, 0.25) is 0 Å². The fraction of sp³-hybridized carbons (Fsp3) is 0.600. The molecule has 1 saturated carbocycles. The van der Waals surface area contributed by atoms with Crippen LogP contribution in [-0.2, 0) is 9.59 Å². The molecular weight excluding hydrogens is 398 g/mol. The lowest BCUT2D eigenvalue weighted by atomic mass is 9.96. The second kappa shape index (κ2) is 9.54. The molecule has 0 bridgehead atoms. The van der Waals surface area contributed by atoms with Crippen molar-refractivity contribution in [2.75, 3.05) is 39.3 Å². The van der Waals surface area contributed by atoms with Gasteiger partial charge in [0, 0.05) is 31.6 Å². The summed E-state index contributed by atoms with van der Waals surface area (Å²) >= 11 is 0. The number of ether oxygens (including phenoxy) is 3. The fourth-order valence-electron chi connectivity index (χ4n) is 4.15. The molecule has 2 fully saturated rings. The normalized spacial score (nSPS) is 20.2. The molecule has 1 aliphatic heterocycles. The lowest BCUT2D eigenvalue weighted by Crippen LogP contribution is -2.53. The van der Waals surface area contributed by atoms with Crippen LogP contribution in [0, 0.1) is 5.92 Å². The van der Waals surface area contributed by atoms with Gasteiger partial charge in [-0.25, -0.2) is 0 Å². The first kappa shape index (κ1) is 23.1. The zero-order chi connectivity index (χ0) is 20.3. The van der Waals surface area contributed by atoms with Gasteiger partial charge in [-0.2, -0.15) is 0 Å². The second-order valence-corrected chi connectivity index (χ2v) is 7.47. The molecule has 2 amide bonds. The number of hydrogen-bond donors (Lipinski definition) is 2.